The molecule has 1 N–H and O–H groups in total. The zero-order chi connectivity index (χ0) is 11.1. The van der Waals surface area contributed by atoms with Crippen LogP contribution in [0.5, 0.6) is 0 Å². The fourth-order valence-corrected chi connectivity index (χ4v) is 1.23. The predicted molar refractivity (Wildman–Crippen MR) is 55.9 cm³/mol. The maximum atomic E-state index is 11.5. The molecule has 1 atom stereocenters. The van der Waals surface area contributed by atoms with E-state index in [1.807, 2.05) is 31.1 Å². The lowest BCUT2D eigenvalue weighted by atomic mass is 10.3. The fraction of sp³-hybridized carbons (Fsp3) is 0.700. The van der Waals surface area contributed by atoms with Gasteiger partial charge < -0.3 is 19.7 Å². The van der Waals surface area contributed by atoms with Crippen LogP contribution in [0.2, 0.25) is 0 Å². The first-order valence-corrected chi connectivity index (χ1v) is 5.16. The summed E-state index contributed by atoms with van der Waals surface area (Å²) in [6.45, 7) is 5.81. The molecule has 1 unspecified atom stereocenters. The average molecular weight is 214 g/mol. The number of esters is 1. The van der Waals surface area contributed by atoms with Gasteiger partial charge in [-0.25, -0.2) is 4.79 Å². The molecule has 0 aromatic heterocycles. The monoisotopic (exact) mass is 214 g/mol. The van der Waals surface area contributed by atoms with Gasteiger partial charge in [-0.3, -0.25) is 0 Å². The van der Waals surface area contributed by atoms with Crippen LogP contribution in [-0.2, 0) is 14.3 Å². The second kappa shape index (κ2) is 6.29. The van der Waals surface area contributed by atoms with Crippen LogP contribution < -0.4 is 5.32 Å². The number of nitrogens with zero attached hydrogens (tertiary/aromatic N) is 1. The lowest BCUT2D eigenvalue weighted by molar-refractivity contribution is -0.149. The molecule has 1 aliphatic heterocycles. The van der Waals surface area contributed by atoms with E-state index in [-0.39, 0.29) is 12.0 Å². The molecule has 0 saturated heterocycles. The van der Waals surface area contributed by atoms with Crippen molar-refractivity contribution in [2.24, 2.45) is 0 Å². The van der Waals surface area contributed by atoms with Gasteiger partial charge in [0.1, 0.15) is 12.6 Å². The second-order valence-electron chi connectivity index (χ2n) is 3.23. The van der Waals surface area contributed by atoms with Crippen molar-refractivity contribution in [3.63, 3.8) is 0 Å². The second-order valence-corrected chi connectivity index (χ2v) is 3.23. The average Bonchev–Trinajstić information content (AvgIpc) is 2.76. The minimum absolute atomic E-state index is 0.219. The van der Waals surface area contributed by atoms with Gasteiger partial charge in [-0.1, -0.05) is 0 Å². The van der Waals surface area contributed by atoms with Crippen molar-refractivity contribution in [3.05, 3.63) is 12.4 Å². The highest BCUT2D eigenvalue weighted by Gasteiger charge is 2.21. The lowest BCUT2D eigenvalue weighted by Crippen LogP contribution is -2.37. The molecule has 0 aromatic rings. The Morgan fingerprint density at radius 3 is 3.00 bits per heavy atom. The third kappa shape index (κ3) is 3.79. The molecule has 1 aliphatic rings. The molecule has 86 valence electrons. The molecular formula is C10H18N2O3. The molecule has 1 rings (SSSR count). The van der Waals surface area contributed by atoms with Crippen molar-refractivity contribution in [1.29, 1.82) is 0 Å². The summed E-state index contributed by atoms with van der Waals surface area (Å²) < 4.78 is 10.1. The summed E-state index contributed by atoms with van der Waals surface area (Å²) in [5, 5.41) is 3.00. The Balaban J connectivity index is 2.18. The molecule has 0 amide bonds. The highest BCUT2D eigenvalue weighted by atomic mass is 16.6. The van der Waals surface area contributed by atoms with Gasteiger partial charge in [0.15, 0.2) is 0 Å². The van der Waals surface area contributed by atoms with E-state index in [1.165, 1.54) is 0 Å². The molecule has 5 nitrogen and oxygen atoms in total. The predicted octanol–water partition coefficient (Wildman–Crippen LogP) is 0.289. The van der Waals surface area contributed by atoms with Crippen LogP contribution in [-0.4, -0.2) is 43.4 Å². The highest BCUT2D eigenvalue weighted by molar-refractivity contribution is 5.75. The first-order chi connectivity index (χ1) is 7.25. The van der Waals surface area contributed by atoms with Gasteiger partial charge in [0.25, 0.3) is 0 Å². The summed E-state index contributed by atoms with van der Waals surface area (Å²) in [4.78, 5) is 13.4. The van der Waals surface area contributed by atoms with Crippen LogP contribution in [0.25, 0.3) is 0 Å². The molecule has 0 saturated carbocycles. The Kier molecular flexibility index (Phi) is 4.97. The quantitative estimate of drug-likeness (QED) is 0.508. The fourth-order valence-electron chi connectivity index (χ4n) is 1.23. The highest BCUT2D eigenvalue weighted by Crippen LogP contribution is 2.04. The Bertz CT molecular complexity index is 231. The van der Waals surface area contributed by atoms with E-state index < -0.39 is 0 Å². The summed E-state index contributed by atoms with van der Waals surface area (Å²) in [6.07, 6.45) is 3.65. The van der Waals surface area contributed by atoms with E-state index in [9.17, 15) is 4.79 Å². The van der Waals surface area contributed by atoms with Crippen LogP contribution in [0, 0.1) is 0 Å². The smallest absolute Gasteiger partial charge is 0.328 e. The normalized spacial score (nSPS) is 16.3. The summed E-state index contributed by atoms with van der Waals surface area (Å²) in [5.74, 6) is -0.219. The third-order valence-electron chi connectivity index (χ3n) is 2.17. The Labute approximate surface area is 90.0 Å². The summed E-state index contributed by atoms with van der Waals surface area (Å²) in [6, 6.07) is -0.252. The molecule has 0 aliphatic carbocycles. The zero-order valence-corrected chi connectivity index (χ0v) is 9.23. The van der Waals surface area contributed by atoms with Gasteiger partial charge in [-0.05, 0) is 13.8 Å². The molecule has 0 bridgehead atoms. The van der Waals surface area contributed by atoms with E-state index in [2.05, 4.69) is 5.32 Å². The van der Waals surface area contributed by atoms with Gasteiger partial charge in [0.2, 0.25) is 0 Å². The van der Waals surface area contributed by atoms with Crippen molar-refractivity contribution < 1.29 is 14.3 Å². The van der Waals surface area contributed by atoms with E-state index in [0.717, 1.165) is 0 Å². The van der Waals surface area contributed by atoms with Crippen LogP contribution >= 0.6 is 0 Å². The van der Waals surface area contributed by atoms with Gasteiger partial charge in [-0.15, -0.1) is 0 Å². The van der Waals surface area contributed by atoms with Crippen molar-refractivity contribution in [3.8, 4) is 0 Å². The maximum absolute atomic E-state index is 11.5. The number of nitrogens with one attached hydrogen (secondary N) is 1. The Hall–Kier alpha value is -1.23. The summed E-state index contributed by atoms with van der Waals surface area (Å²) in [5.41, 5.74) is 0. The number of hydrogen-bond acceptors (Lipinski definition) is 5. The number of ether oxygens (including phenoxy) is 2. The van der Waals surface area contributed by atoms with Gasteiger partial charge >= 0.3 is 5.97 Å². The number of carbonyl (C=O) groups is 1. The number of hydrogen-bond donors (Lipinski definition) is 1. The first kappa shape index (κ1) is 11.8. The van der Waals surface area contributed by atoms with Gasteiger partial charge in [0.05, 0.1) is 13.3 Å². The summed E-state index contributed by atoms with van der Waals surface area (Å²) >= 11 is 0. The molecule has 0 spiro atoms. The Morgan fingerprint density at radius 2 is 2.40 bits per heavy atom. The molecule has 1 heterocycles. The van der Waals surface area contributed by atoms with E-state index in [4.69, 9.17) is 9.47 Å². The van der Waals surface area contributed by atoms with Crippen molar-refractivity contribution in [2.75, 3.05) is 26.5 Å². The molecule has 5 heteroatoms. The van der Waals surface area contributed by atoms with Crippen molar-refractivity contribution >= 4 is 5.97 Å². The van der Waals surface area contributed by atoms with Gasteiger partial charge in [0, 0.05) is 19.0 Å². The summed E-state index contributed by atoms with van der Waals surface area (Å²) in [7, 11) is 0. The van der Waals surface area contributed by atoms with E-state index >= 15 is 0 Å². The standard InChI is InChI=1S/C10H18N2O3/c1-3-14-6-7-15-10(13)9(2)12-5-4-11-8-12/h4-5,9,11H,3,6-8H2,1-2H3. The van der Waals surface area contributed by atoms with Crippen LogP contribution in [0.15, 0.2) is 12.4 Å². The third-order valence-corrected chi connectivity index (χ3v) is 2.17. The van der Waals surface area contributed by atoms with E-state index in [0.29, 0.717) is 26.5 Å². The minimum atomic E-state index is -0.252. The lowest BCUT2D eigenvalue weighted by Gasteiger charge is -2.21. The van der Waals surface area contributed by atoms with E-state index in [1.54, 1.807) is 0 Å². The maximum Gasteiger partial charge on any atom is 0.328 e. The van der Waals surface area contributed by atoms with Gasteiger partial charge in [-0.2, -0.15) is 0 Å². The van der Waals surface area contributed by atoms with Crippen LogP contribution in [0.3, 0.4) is 0 Å². The topological polar surface area (TPSA) is 50.8 Å². The van der Waals surface area contributed by atoms with Crippen molar-refractivity contribution in [1.82, 2.24) is 10.2 Å². The van der Waals surface area contributed by atoms with Crippen LogP contribution in [0.4, 0.5) is 0 Å². The molecule has 15 heavy (non-hydrogen) atoms. The number of carbonyl (C=O) groups excluding carboxylic acids is 1. The number of rotatable bonds is 6. The molecule has 0 radical (unpaired) electrons. The molecular weight excluding hydrogens is 196 g/mol. The largest absolute Gasteiger partial charge is 0.462 e. The van der Waals surface area contributed by atoms with Crippen LogP contribution in [0.1, 0.15) is 13.8 Å². The molecule has 0 aromatic carbocycles. The Morgan fingerprint density at radius 1 is 1.60 bits per heavy atom. The zero-order valence-electron chi connectivity index (χ0n) is 9.23. The molecule has 0 fully saturated rings. The minimum Gasteiger partial charge on any atom is -0.462 e. The SMILES string of the molecule is CCOCCOC(=O)C(C)N1C=CNC1. The van der Waals surface area contributed by atoms with Crippen molar-refractivity contribution in [2.45, 2.75) is 19.9 Å². The first-order valence-electron chi connectivity index (χ1n) is 5.16.